The number of phenolic OH excluding ortho intramolecular Hbond substituents is 1. The number of anilines is 1. The number of amides is 1. The lowest BCUT2D eigenvalue weighted by Crippen LogP contribution is -2.32. The zero-order chi connectivity index (χ0) is 18.6. The van der Waals surface area contributed by atoms with Crippen molar-refractivity contribution in [3.05, 3.63) is 52.0 Å². The summed E-state index contributed by atoms with van der Waals surface area (Å²) in [5.41, 5.74) is 3.23. The largest absolute Gasteiger partial charge is 0.506 e. The van der Waals surface area contributed by atoms with Crippen molar-refractivity contribution in [3.8, 4) is 11.5 Å². The van der Waals surface area contributed by atoms with E-state index in [1.807, 2.05) is 45.9 Å². The summed E-state index contributed by atoms with van der Waals surface area (Å²) < 4.78 is 5.87. The average Bonchev–Trinajstić information content (AvgIpc) is 2.57. The predicted octanol–water partition coefficient (Wildman–Crippen LogP) is 5.02. The van der Waals surface area contributed by atoms with Crippen LogP contribution in [0.5, 0.6) is 11.5 Å². The zero-order valence-corrected chi connectivity index (χ0v) is 15.8. The van der Waals surface area contributed by atoms with E-state index in [0.29, 0.717) is 23.6 Å². The van der Waals surface area contributed by atoms with Crippen LogP contribution in [-0.4, -0.2) is 17.1 Å². The van der Waals surface area contributed by atoms with Gasteiger partial charge in [-0.25, -0.2) is 0 Å². The fourth-order valence-electron chi connectivity index (χ4n) is 2.60. The van der Waals surface area contributed by atoms with E-state index in [-0.39, 0.29) is 17.3 Å². The smallest absolute Gasteiger partial charge is 0.265 e. The molecule has 2 aromatic carbocycles. The summed E-state index contributed by atoms with van der Waals surface area (Å²) in [6, 6.07) is 8.96. The number of carbonyl (C=O) groups excluding carboxylic acids is 1. The molecule has 0 saturated carbocycles. The lowest BCUT2D eigenvalue weighted by molar-refractivity contribution is -0.122. The Balaban J connectivity index is 2.16. The minimum atomic E-state index is -0.662. The summed E-state index contributed by atoms with van der Waals surface area (Å²) in [7, 11) is 0. The first-order valence-corrected chi connectivity index (χ1v) is 8.79. The van der Waals surface area contributed by atoms with E-state index in [0.717, 1.165) is 16.7 Å². The van der Waals surface area contributed by atoms with Crippen LogP contribution in [0.15, 0.2) is 30.3 Å². The van der Waals surface area contributed by atoms with Crippen LogP contribution < -0.4 is 10.1 Å². The second-order valence-electron chi connectivity index (χ2n) is 6.09. The molecule has 2 aromatic rings. The maximum Gasteiger partial charge on any atom is 0.265 e. The number of nitrogens with one attached hydrogen (secondary N) is 1. The molecule has 0 aliphatic rings. The summed E-state index contributed by atoms with van der Waals surface area (Å²) in [6.07, 6.45) is 0.541. The third-order valence-corrected chi connectivity index (χ3v) is 4.42. The third kappa shape index (κ3) is 4.67. The lowest BCUT2D eigenvalue weighted by atomic mass is 10.1. The first-order chi connectivity index (χ1) is 11.8. The molecule has 0 aliphatic carbocycles. The number of benzene rings is 2. The van der Waals surface area contributed by atoms with E-state index < -0.39 is 6.10 Å². The highest BCUT2D eigenvalue weighted by Gasteiger charge is 2.21. The fraction of sp³-hybridized carbons (Fsp3) is 0.350. The normalized spacial score (nSPS) is 11.9. The molecular formula is C20H24ClNO3. The number of aryl methyl sites for hydroxylation is 3. The molecule has 0 aromatic heterocycles. The van der Waals surface area contributed by atoms with Gasteiger partial charge in [-0.1, -0.05) is 43.1 Å². The molecule has 1 amide bonds. The predicted molar refractivity (Wildman–Crippen MR) is 102 cm³/mol. The SMILES string of the molecule is CCc1cc(O)c(NC(=O)C(CC)Oc2ccc(C)cc2C)cc1Cl. The van der Waals surface area contributed by atoms with Gasteiger partial charge in [-0.05, 0) is 56.0 Å². The first kappa shape index (κ1) is 19.1. The number of halogens is 1. The van der Waals surface area contributed by atoms with Gasteiger partial charge in [-0.15, -0.1) is 0 Å². The van der Waals surface area contributed by atoms with Crippen molar-refractivity contribution < 1.29 is 14.6 Å². The quantitative estimate of drug-likeness (QED) is 0.710. The van der Waals surface area contributed by atoms with E-state index >= 15 is 0 Å². The van der Waals surface area contributed by atoms with Crippen LogP contribution in [0.1, 0.15) is 37.0 Å². The molecule has 0 heterocycles. The number of ether oxygens (including phenoxy) is 1. The summed E-state index contributed by atoms with van der Waals surface area (Å²) >= 11 is 6.17. The van der Waals surface area contributed by atoms with Gasteiger partial charge in [0.15, 0.2) is 6.10 Å². The lowest BCUT2D eigenvalue weighted by Gasteiger charge is -2.19. The highest BCUT2D eigenvalue weighted by atomic mass is 35.5. The molecule has 1 atom stereocenters. The van der Waals surface area contributed by atoms with Gasteiger partial charge in [0.25, 0.3) is 5.91 Å². The van der Waals surface area contributed by atoms with E-state index in [9.17, 15) is 9.90 Å². The molecule has 0 bridgehead atoms. The highest BCUT2D eigenvalue weighted by molar-refractivity contribution is 6.31. The van der Waals surface area contributed by atoms with E-state index in [4.69, 9.17) is 16.3 Å². The second kappa shape index (κ2) is 8.26. The standard InChI is InChI=1S/C20H24ClNO3/c1-5-14-10-17(23)16(11-15(14)21)22-20(24)18(6-2)25-19-8-7-12(3)9-13(19)4/h7-11,18,23H,5-6H2,1-4H3,(H,22,24). The molecule has 134 valence electrons. The summed E-state index contributed by atoms with van der Waals surface area (Å²) in [4.78, 5) is 12.6. The zero-order valence-electron chi connectivity index (χ0n) is 15.0. The minimum Gasteiger partial charge on any atom is -0.506 e. The van der Waals surface area contributed by atoms with E-state index in [1.165, 1.54) is 0 Å². The monoisotopic (exact) mass is 361 g/mol. The van der Waals surface area contributed by atoms with E-state index in [1.54, 1.807) is 12.1 Å². The molecule has 0 fully saturated rings. The maximum absolute atomic E-state index is 12.6. The van der Waals surface area contributed by atoms with Crippen molar-refractivity contribution in [2.75, 3.05) is 5.32 Å². The Labute approximate surface area is 153 Å². The topological polar surface area (TPSA) is 58.6 Å². The molecule has 2 N–H and O–H groups in total. The first-order valence-electron chi connectivity index (χ1n) is 8.41. The van der Waals surface area contributed by atoms with Crippen molar-refractivity contribution >= 4 is 23.2 Å². The van der Waals surface area contributed by atoms with Crippen LogP contribution in [0.25, 0.3) is 0 Å². The number of phenols is 1. The van der Waals surface area contributed by atoms with Crippen molar-refractivity contribution in [1.82, 2.24) is 0 Å². The van der Waals surface area contributed by atoms with Gasteiger partial charge in [0.1, 0.15) is 11.5 Å². The van der Waals surface area contributed by atoms with Gasteiger partial charge in [0.05, 0.1) is 5.69 Å². The Bertz CT molecular complexity index is 774. The molecular weight excluding hydrogens is 338 g/mol. The Morgan fingerprint density at radius 3 is 2.56 bits per heavy atom. The van der Waals surface area contributed by atoms with Crippen molar-refractivity contribution in [3.63, 3.8) is 0 Å². The average molecular weight is 362 g/mol. The van der Waals surface area contributed by atoms with Gasteiger partial charge in [-0.2, -0.15) is 0 Å². The Morgan fingerprint density at radius 1 is 1.24 bits per heavy atom. The Kier molecular flexibility index (Phi) is 6.32. The van der Waals surface area contributed by atoms with Crippen LogP contribution in [-0.2, 0) is 11.2 Å². The number of hydrogen-bond donors (Lipinski definition) is 2. The van der Waals surface area contributed by atoms with Gasteiger partial charge >= 0.3 is 0 Å². The summed E-state index contributed by atoms with van der Waals surface area (Å²) in [5, 5.41) is 13.3. The number of carbonyl (C=O) groups is 1. The number of rotatable bonds is 6. The van der Waals surface area contributed by atoms with Gasteiger partial charge in [-0.3, -0.25) is 4.79 Å². The van der Waals surface area contributed by atoms with Crippen LogP contribution >= 0.6 is 11.6 Å². The van der Waals surface area contributed by atoms with Crippen molar-refractivity contribution in [2.45, 2.75) is 46.6 Å². The molecule has 0 aliphatic heterocycles. The van der Waals surface area contributed by atoms with E-state index in [2.05, 4.69) is 5.32 Å². The molecule has 0 saturated heterocycles. The van der Waals surface area contributed by atoms with Crippen LogP contribution in [0, 0.1) is 13.8 Å². The molecule has 0 radical (unpaired) electrons. The molecule has 25 heavy (non-hydrogen) atoms. The Hall–Kier alpha value is -2.20. The van der Waals surface area contributed by atoms with Gasteiger partial charge in [0.2, 0.25) is 0 Å². The third-order valence-electron chi connectivity index (χ3n) is 4.07. The van der Waals surface area contributed by atoms with Gasteiger partial charge in [0, 0.05) is 5.02 Å². The molecule has 1 unspecified atom stereocenters. The van der Waals surface area contributed by atoms with Crippen molar-refractivity contribution in [2.24, 2.45) is 0 Å². The molecule has 0 spiro atoms. The fourth-order valence-corrected chi connectivity index (χ4v) is 2.89. The van der Waals surface area contributed by atoms with Crippen LogP contribution in [0.4, 0.5) is 5.69 Å². The molecule has 2 rings (SSSR count). The molecule has 5 heteroatoms. The van der Waals surface area contributed by atoms with Crippen LogP contribution in [0.3, 0.4) is 0 Å². The van der Waals surface area contributed by atoms with Crippen molar-refractivity contribution in [1.29, 1.82) is 0 Å². The minimum absolute atomic E-state index is 0.00373. The molecule has 4 nitrogen and oxygen atoms in total. The number of hydrogen-bond acceptors (Lipinski definition) is 3. The summed E-state index contributed by atoms with van der Waals surface area (Å²) in [5.74, 6) is 0.352. The second-order valence-corrected chi connectivity index (χ2v) is 6.49. The highest BCUT2D eigenvalue weighted by Crippen LogP contribution is 2.31. The maximum atomic E-state index is 12.6. The van der Waals surface area contributed by atoms with Gasteiger partial charge < -0.3 is 15.2 Å². The van der Waals surface area contributed by atoms with Crippen LogP contribution in [0.2, 0.25) is 5.02 Å². The Morgan fingerprint density at radius 2 is 1.96 bits per heavy atom. The number of aromatic hydroxyl groups is 1. The summed E-state index contributed by atoms with van der Waals surface area (Å²) in [6.45, 7) is 7.78.